The van der Waals surface area contributed by atoms with Gasteiger partial charge in [-0.3, -0.25) is 9.59 Å². The summed E-state index contributed by atoms with van der Waals surface area (Å²) in [5, 5.41) is 15.3. The molecule has 0 aromatic rings. The molecule has 3 N–H and O–H groups in total. The van der Waals surface area contributed by atoms with E-state index in [1.54, 1.807) is 0 Å². The molecule has 0 radical (unpaired) electrons. The van der Waals surface area contributed by atoms with Gasteiger partial charge < -0.3 is 15.7 Å². The molecule has 1 atom stereocenters. The predicted molar refractivity (Wildman–Crippen MR) is 76.0 cm³/mol. The Morgan fingerprint density at radius 1 is 1.10 bits per heavy atom. The number of nitrogens with one attached hydrogen (secondary N) is 2. The molecule has 2 amide bonds. The molecule has 0 aliphatic heterocycles. The number of amides is 2. The van der Waals surface area contributed by atoms with Crippen molar-refractivity contribution in [2.45, 2.75) is 69.9 Å². The molecule has 2 aliphatic carbocycles. The van der Waals surface area contributed by atoms with Gasteiger partial charge in [-0.15, -0.1) is 0 Å². The van der Waals surface area contributed by atoms with Crippen LogP contribution in [0.5, 0.6) is 0 Å². The lowest BCUT2D eigenvalue weighted by molar-refractivity contribution is -0.128. The van der Waals surface area contributed by atoms with E-state index in [9.17, 15) is 14.7 Å². The Kier molecular flexibility index (Phi) is 5.02. The fraction of sp³-hybridized carbons (Fsp3) is 0.867. The van der Waals surface area contributed by atoms with Crippen LogP contribution in [0, 0.1) is 5.92 Å². The summed E-state index contributed by atoms with van der Waals surface area (Å²) in [6.45, 7) is 1.83. The number of rotatable bonds is 7. The highest BCUT2D eigenvalue weighted by Crippen LogP contribution is 2.39. The summed E-state index contributed by atoms with van der Waals surface area (Å²) in [4.78, 5) is 23.6. The summed E-state index contributed by atoms with van der Waals surface area (Å²) in [5.74, 6) is 0.197. The maximum atomic E-state index is 11.9. The minimum Gasteiger partial charge on any atom is -0.394 e. The van der Waals surface area contributed by atoms with Gasteiger partial charge in [0.25, 0.3) is 0 Å². The van der Waals surface area contributed by atoms with Crippen LogP contribution < -0.4 is 10.6 Å². The second kappa shape index (κ2) is 6.57. The van der Waals surface area contributed by atoms with Crippen molar-refractivity contribution < 1.29 is 14.7 Å². The molecule has 0 spiro atoms. The Balaban J connectivity index is 1.67. The summed E-state index contributed by atoms with van der Waals surface area (Å²) in [6.07, 6.45) is 7.02. The van der Waals surface area contributed by atoms with Gasteiger partial charge in [-0.25, -0.2) is 0 Å². The first kappa shape index (κ1) is 15.3. The molecule has 5 heteroatoms. The van der Waals surface area contributed by atoms with E-state index in [1.807, 2.05) is 6.92 Å². The van der Waals surface area contributed by atoms with Gasteiger partial charge in [0.1, 0.15) is 0 Å². The Morgan fingerprint density at radius 2 is 1.70 bits per heavy atom. The maximum absolute atomic E-state index is 11.9. The van der Waals surface area contributed by atoms with Crippen molar-refractivity contribution >= 4 is 11.8 Å². The van der Waals surface area contributed by atoms with Crippen molar-refractivity contribution in [2.75, 3.05) is 6.61 Å². The van der Waals surface area contributed by atoms with Crippen LogP contribution in [0.25, 0.3) is 0 Å². The topological polar surface area (TPSA) is 78.4 Å². The fourth-order valence-corrected chi connectivity index (χ4v) is 2.97. The van der Waals surface area contributed by atoms with Gasteiger partial charge in [0.15, 0.2) is 0 Å². The second-order valence-corrected chi connectivity index (χ2v) is 6.45. The van der Waals surface area contributed by atoms with Gasteiger partial charge >= 0.3 is 0 Å². The molecule has 20 heavy (non-hydrogen) atoms. The van der Waals surface area contributed by atoms with Gasteiger partial charge in [-0.1, -0.05) is 12.8 Å². The van der Waals surface area contributed by atoms with Crippen LogP contribution >= 0.6 is 0 Å². The van der Waals surface area contributed by atoms with Crippen molar-refractivity contribution in [3.8, 4) is 0 Å². The van der Waals surface area contributed by atoms with Crippen LogP contribution in [0.3, 0.4) is 0 Å². The molecular formula is C15H26N2O3. The number of carbonyl (C=O) groups excluding carboxylic acids is 2. The van der Waals surface area contributed by atoms with Gasteiger partial charge in [-0.05, 0) is 38.5 Å². The molecule has 2 saturated carbocycles. The third kappa shape index (κ3) is 4.20. The molecule has 2 rings (SSSR count). The largest absolute Gasteiger partial charge is 0.394 e. The minimum atomic E-state index is -0.515. The lowest BCUT2D eigenvalue weighted by atomic mass is 9.96. The number of aliphatic hydroxyl groups excluding tert-OH is 1. The van der Waals surface area contributed by atoms with E-state index in [1.165, 1.54) is 12.8 Å². The Bertz CT molecular complexity index is 362. The standard InChI is InChI=1S/C15H26N2O3/c1-15(10-18,11-6-7-11)17-14(20)9-8-13(19)16-12-4-2-3-5-12/h11-12,18H,2-10H2,1H3,(H,16,19)(H,17,20). The van der Waals surface area contributed by atoms with E-state index in [0.29, 0.717) is 12.0 Å². The first-order valence-corrected chi connectivity index (χ1v) is 7.75. The molecular weight excluding hydrogens is 256 g/mol. The molecule has 1 unspecified atom stereocenters. The van der Waals surface area contributed by atoms with E-state index in [-0.39, 0.29) is 31.3 Å². The Hall–Kier alpha value is -1.10. The first-order chi connectivity index (χ1) is 9.53. The van der Waals surface area contributed by atoms with Crippen LogP contribution in [0.1, 0.15) is 58.3 Å². The van der Waals surface area contributed by atoms with Crippen LogP contribution in [0.4, 0.5) is 0 Å². The van der Waals surface area contributed by atoms with Gasteiger partial charge in [0, 0.05) is 18.9 Å². The Morgan fingerprint density at radius 3 is 2.25 bits per heavy atom. The van der Waals surface area contributed by atoms with Crippen LogP contribution in [-0.4, -0.2) is 35.1 Å². The minimum absolute atomic E-state index is 0.0378. The SMILES string of the molecule is CC(CO)(NC(=O)CCC(=O)NC1CCCC1)C1CC1. The molecule has 0 saturated heterocycles. The highest BCUT2D eigenvalue weighted by Gasteiger charge is 2.42. The molecule has 2 fully saturated rings. The summed E-state index contributed by atoms with van der Waals surface area (Å²) in [6, 6.07) is 0.305. The smallest absolute Gasteiger partial charge is 0.221 e. The molecule has 0 aromatic heterocycles. The van der Waals surface area contributed by atoms with E-state index < -0.39 is 5.54 Å². The zero-order valence-corrected chi connectivity index (χ0v) is 12.3. The summed E-state index contributed by atoms with van der Waals surface area (Å²) < 4.78 is 0. The number of aliphatic hydroxyl groups is 1. The molecule has 2 aliphatic rings. The summed E-state index contributed by atoms with van der Waals surface area (Å²) in [5.41, 5.74) is -0.515. The normalized spacial score (nSPS) is 22.3. The van der Waals surface area contributed by atoms with Crippen molar-refractivity contribution in [1.82, 2.24) is 10.6 Å². The fourth-order valence-electron chi connectivity index (χ4n) is 2.97. The number of hydrogen-bond acceptors (Lipinski definition) is 3. The van der Waals surface area contributed by atoms with Crippen LogP contribution in [0.15, 0.2) is 0 Å². The Labute approximate surface area is 120 Å². The average molecular weight is 282 g/mol. The molecule has 114 valence electrons. The van der Waals surface area contributed by atoms with E-state index in [2.05, 4.69) is 10.6 Å². The highest BCUT2D eigenvalue weighted by molar-refractivity contribution is 5.84. The third-order valence-corrected chi connectivity index (χ3v) is 4.53. The third-order valence-electron chi connectivity index (χ3n) is 4.53. The van der Waals surface area contributed by atoms with Gasteiger partial charge in [-0.2, -0.15) is 0 Å². The first-order valence-electron chi connectivity index (χ1n) is 7.75. The lowest BCUT2D eigenvalue weighted by Crippen LogP contribution is -2.50. The van der Waals surface area contributed by atoms with Gasteiger partial charge in [0.2, 0.25) is 11.8 Å². The average Bonchev–Trinajstić information content (AvgIpc) is 3.17. The predicted octanol–water partition coefficient (Wildman–Crippen LogP) is 1.10. The van der Waals surface area contributed by atoms with Gasteiger partial charge in [0.05, 0.1) is 12.1 Å². The molecule has 0 heterocycles. The zero-order chi connectivity index (χ0) is 14.6. The van der Waals surface area contributed by atoms with E-state index in [4.69, 9.17) is 0 Å². The van der Waals surface area contributed by atoms with Crippen molar-refractivity contribution in [3.05, 3.63) is 0 Å². The molecule has 0 bridgehead atoms. The quantitative estimate of drug-likeness (QED) is 0.654. The number of carbonyl (C=O) groups is 2. The van der Waals surface area contributed by atoms with E-state index >= 15 is 0 Å². The van der Waals surface area contributed by atoms with Crippen molar-refractivity contribution in [1.29, 1.82) is 0 Å². The second-order valence-electron chi connectivity index (χ2n) is 6.45. The van der Waals surface area contributed by atoms with Crippen molar-refractivity contribution in [3.63, 3.8) is 0 Å². The zero-order valence-electron chi connectivity index (χ0n) is 12.3. The molecule has 0 aromatic carbocycles. The number of hydrogen-bond donors (Lipinski definition) is 3. The van der Waals surface area contributed by atoms with Crippen LogP contribution in [0.2, 0.25) is 0 Å². The monoisotopic (exact) mass is 282 g/mol. The van der Waals surface area contributed by atoms with Crippen LogP contribution in [-0.2, 0) is 9.59 Å². The summed E-state index contributed by atoms with van der Waals surface area (Å²) in [7, 11) is 0. The summed E-state index contributed by atoms with van der Waals surface area (Å²) >= 11 is 0. The van der Waals surface area contributed by atoms with E-state index in [0.717, 1.165) is 25.7 Å². The lowest BCUT2D eigenvalue weighted by Gasteiger charge is -2.28. The molecule has 5 nitrogen and oxygen atoms in total. The van der Waals surface area contributed by atoms with Crippen molar-refractivity contribution in [2.24, 2.45) is 5.92 Å². The highest BCUT2D eigenvalue weighted by atomic mass is 16.3. The maximum Gasteiger partial charge on any atom is 0.221 e.